The summed E-state index contributed by atoms with van der Waals surface area (Å²) in [4.78, 5) is 12.5. The van der Waals surface area contributed by atoms with Crippen molar-refractivity contribution in [1.82, 2.24) is 15.1 Å². The fraction of sp³-hybridized carbons (Fsp3) is 0.565. The number of likely N-dealkylation sites (N-methyl/N-ethyl adjacent to an activating group) is 1. The number of carbonyl (C=O) groups excluding carboxylic acids is 1. The van der Waals surface area contributed by atoms with Crippen LogP contribution in [0.25, 0.3) is 0 Å². The lowest BCUT2D eigenvalue weighted by Gasteiger charge is -2.16. The molecule has 0 aliphatic carbocycles. The van der Waals surface area contributed by atoms with Crippen LogP contribution in [0, 0.1) is 12.8 Å². The van der Waals surface area contributed by atoms with E-state index < -0.39 is 0 Å². The van der Waals surface area contributed by atoms with Gasteiger partial charge in [0, 0.05) is 31.9 Å². The van der Waals surface area contributed by atoms with Crippen LogP contribution in [0.3, 0.4) is 0 Å². The van der Waals surface area contributed by atoms with Gasteiger partial charge >= 0.3 is 0 Å². The number of nitrogens with zero attached hydrogens (tertiary/aromatic N) is 3. The van der Waals surface area contributed by atoms with Crippen LogP contribution in [0.2, 0.25) is 0 Å². The molecular formula is C23H36N4O. The van der Waals surface area contributed by atoms with Crippen LogP contribution in [0.4, 0.5) is 5.82 Å². The van der Waals surface area contributed by atoms with Gasteiger partial charge in [0.15, 0.2) is 5.82 Å². The number of hydrogen-bond donors (Lipinski definition) is 1. The fourth-order valence-electron chi connectivity index (χ4n) is 3.26. The minimum atomic E-state index is 0.397. The Hall–Kier alpha value is -2.14. The normalized spacial score (nSPS) is 11.2. The van der Waals surface area contributed by atoms with Gasteiger partial charge in [-0.3, -0.25) is 4.68 Å². The van der Waals surface area contributed by atoms with E-state index in [1.165, 1.54) is 28.8 Å². The van der Waals surface area contributed by atoms with E-state index in [2.05, 4.69) is 66.9 Å². The van der Waals surface area contributed by atoms with Crippen molar-refractivity contribution in [3.05, 3.63) is 46.6 Å². The van der Waals surface area contributed by atoms with Crippen molar-refractivity contribution < 1.29 is 4.79 Å². The molecule has 28 heavy (non-hydrogen) atoms. The Labute approximate surface area is 170 Å². The van der Waals surface area contributed by atoms with Crippen molar-refractivity contribution in [2.75, 3.05) is 31.6 Å². The quantitative estimate of drug-likeness (QED) is 0.449. The maximum Gasteiger partial charge on any atom is 0.150 e. The van der Waals surface area contributed by atoms with E-state index in [0.29, 0.717) is 12.5 Å². The van der Waals surface area contributed by atoms with E-state index in [9.17, 15) is 4.79 Å². The molecule has 154 valence electrons. The van der Waals surface area contributed by atoms with Crippen LogP contribution in [-0.4, -0.2) is 42.7 Å². The van der Waals surface area contributed by atoms with Crippen LogP contribution in [-0.2, 0) is 24.2 Å². The molecule has 0 aliphatic heterocycles. The van der Waals surface area contributed by atoms with Crippen LogP contribution in [0.5, 0.6) is 0 Å². The summed E-state index contributed by atoms with van der Waals surface area (Å²) in [5.74, 6) is 1.68. The highest BCUT2D eigenvalue weighted by molar-refractivity contribution is 5.51. The number of hydrogen-bond acceptors (Lipinski definition) is 4. The third kappa shape index (κ3) is 6.48. The lowest BCUT2D eigenvalue weighted by atomic mass is 9.96. The topological polar surface area (TPSA) is 50.2 Å². The van der Waals surface area contributed by atoms with E-state index in [1.807, 2.05) is 7.05 Å². The molecule has 1 N–H and O–H groups in total. The van der Waals surface area contributed by atoms with Crippen LogP contribution < -0.4 is 10.2 Å². The predicted molar refractivity (Wildman–Crippen MR) is 117 cm³/mol. The van der Waals surface area contributed by atoms with Crippen LogP contribution in [0.15, 0.2) is 24.3 Å². The summed E-state index contributed by atoms with van der Waals surface area (Å²) >= 11 is 0. The van der Waals surface area contributed by atoms with E-state index >= 15 is 0 Å². The second kappa shape index (κ2) is 11.0. The Morgan fingerprint density at radius 2 is 2.04 bits per heavy atom. The number of anilines is 1. The summed E-state index contributed by atoms with van der Waals surface area (Å²) in [5.41, 5.74) is 5.37. The molecule has 0 radical (unpaired) electrons. The standard InChI is InChI=1S/C23H36N4O/c1-6-20-8-10-21(9-7-18(2)3)22(16-20)17-27-19(4)15-23(25-27)26(5)13-11-24-12-14-28/h8,10,14-16,18,24H,6-7,9,11-13,17H2,1-5H3. The van der Waals surface area contributed by atoms with E-state index in [-0.39, 0.29) is 0 Å². The molecule has 0 unspecified atom stereocenters. The molecule has 2 rings (SSSR count). The molecule has 0 amide bonds. The zero-order chi connectivity index (χ0) is 20.5. The molecule has 1 aromatic heterocycles. The Kier molecular flexibility index (Phi) is 8.71. The Bertz CT molecular complexity index is 751. The average Bonchev–Trinajstić information content (AvgIpc) is 3.04. The molecule has 0 bridgehead atoms. The highest BCUT2D eigenvalue weighted by Gasteiger charge is 2.12. The van der Waals surface area contributed by atoms with E-state index in [4.69, 9.17) is 5.10 Å². The summed E-state index contributed by atoms with van der Waals surface area (Å²) < 4.78 is 2.11. The first-order valence-electron chi connectivity index (χ1n) is 10.4. The molecule has 0 atom stereocenters. The van der Waals surface area contributed by atoms with Gasteiger partial charge in [-0.15, -0.1) is 0 Å². The second-order valence-corrected chi connectivity index (χ2v) is 7.98. The molecule has 0 aliphatic rings. The van der Waals surface area contributed by atoms with Crippen LogP contribution in [0.1, 0.15) is 49.6 Å². The van der Waals surface area contributed by atoms with Crippen molar-refractivity contribution in [2.24, 2.45) is 5.92 Å². The number of aromatic nitrogens is 2. The SMILES string of the molecule is CCc1ccc(CCC(C)C)c(Cn2nc(N(C)CCNCC=O)cc2C)c1. The number of rotatable bonds is 12. The van der Waals surface area contributed by atoms with Gasteiger partial charge in [-0.05, 0) is 48.8 Å². The summed E-state index contributed by atoms with van der Waals surface area (Å²) in [7, 11) is 2.04. The molecular weight excluding hydrogens is 348 g/mol. The third-order valence-corrected chi connectivity index (χ3v) is 5.20. The van der Waals surface area contributed by atoms with Crippen molar-refractivity contribution >= 4 is 12.1 Å². The number of benzene rings is 1. The molecule has 0 saturated heterocycles. The zero-order valence-electron chi connectivity index (χ0n) is 18.2. The summed E-state index contributed by atoms with van der Waals surface area (Å²) in [5, 5.41) is 7.94. The summed E-state index contributed by atoms with van der Waals surface area (Å²) in [6, 6.07) is 9.06. The molecule has 1 aromatic carbocycles. The smallest absolute Gasteiger partial charge is 0.150 e. The molecule has 2 aromatic rings. The first kappa shape index (κ1) is 22.2. The monoisotopic (exact) mass is 384 g/mol. The largest absolute Gasteiger partial charge is 0.357 e. The minimum absolute atomic E-state index is 0.397. The zero-order valence-corrected chi connectivity index (χ0v) is 18.2. The van der Waals surface area contributed by atoms with Gasteiger partial charge in [-0.2, -0.15) is 5.10 Å². The van der Waals surface area contributed by atoms with Crippen LogP contribution >= 0.6 is 0 Å². The molecule has 0 saturated carbocycles. The van der Waals surface area contributed by atoms with Gasteiger partial charge in [0.1, 0.15) is 6.29 Å². The lowest BCUT2D eigenvalue weighted by Crippen LogP contribution is -2.30. The number of carbonyl (C=O) groups is 1. The maximum absolute atomic E-state index is 10.4. The molecule has 0 fully saturated rings. The Balaban J connectivity index is 2.13. The van der Waals surface area contributed by atoms with Crippen molar-refractivity contribution in [1.29, 1.82) is 0 Å². The molecule has 0 spiro atoms. The fourth-order valence-corrected chi connectivity index (χ4v) is 3.26. The first-order chi connectivity index (χ1) is 13.4. The van der Waals surface area contributed by atoms with Gasteiger partial charge < -0.3 is 15.0 Å². The van der Waals surface area contributed by atoms with Crippen molar-refractivity contribution in [3.63, 3.8) is 0 Å². The summed E-state index contributed by atoms with van der Waals surface area (Å²) in [6.45, 7) is 11.7. The van der Waals surface area contributed by atoms with Gasteiger partial charge in [0.25, 0.3) is 0 Å². The third-order valence-electron chi connectivity index (χ3n) is 5.20. The predicted octanol–water partition coefficient (Wildman–Crippen LogP) is 3.62. The first-order valence-corrected chi connectivity index (χ1v) is 10.4. The lowest BCUT2D eigenvalue weighted by molar-refractivity contribution is -0.107. The Morgan fingerprint density at radius 1 is 1.25 bits per heavy atom. The Morgan fingerprint density at radius 3 is 2.71 bits per heavy atom. The second-order valence-electron chi connectivity index (χ2n) is 7.98. The van der Waals surface area contributed by atoms with Gasteiger partial charge in [-0.25, -0.2) is 0 Å². The molecule has 5 heteroatoms. The average molecular weight is 385 g/mol. The summed E-state index contributed by atoms with van der Waals surface area (Å²) in [6.07, 6.45) is 4.27. The number of aryl methyl sites for hydroxylation is 3. The van der Waals surface area contributed by atoms with Crippen molar-refractivity contribution in [3.8, 4) is 0 Å². The van der Waals surface area contributed by atoms with Gasteiger partial charge in [-0.1, -0.05) is 39.0 Å². The number of nitrogens with one attached hydrogen (secondary N) is 1. The highest BCUT2D eigenvalue weighted by Crippen LogP contribution is 2.20. The molecule has 1 heterocycles. The van der Waals surface area contributed by atoms with Gasteiger partial charge in [0.2, 0.25) is 0 Å². The van der Waals surface area contributed by atoms with E-state index in [1.54, 1.807) is 0 Å². The maximum atomic E-state index is 10.4. The van der Waals surface area contributed by atoms with E-state index in [0.717, 1.165) is 44.6 Å². The highest BCUT2D eigenvalue weighted by atomic mass is 16.1. The minimum Gasteiger partial charge on any atom is -0.357 e. The number of aldehydes is 1. The van der Waals surface area contributed by atoms with Crippen molar-refractivity contribution in [2.45, 2.75) is 53.5 Å². The van der Waals surface area contributed by atoms with Gasteiger partial charge in [0.05, 0.1) is 13.1 Å². The molecule has 5 nitrogen and oxygen atoms in total.